The molecule has 3 rings (SSSR count). The molecule has 0 saturated heterocycles. The zero-order valence-electron chi connectivity index (χ0n) is 19.2. The number of benzene rings is 3. The van der Waals surface area contributed by atoms with E-state index in [9.17, 15) is 24.2 Å². The van der Waals surface area contributed by atoms with Crippen LogP contribution in [-0.2, 0) is 27.0 Å². The Balaban J connectivity index is 0.00000432. The molecule has 35 heavy (non-hydrogen) atoms. The topological polar surface area (TPSA) is 131 Å². The first-order valence-corrected chi connectivity index (χ1v) is 13.0. The van der Waals surface area contributed by atoms with E-state index >= 15 is 0 Å². The van der Waals surface area contributed by atoms with Crippen LogP contribution in [0.25, 0.3) is 0 Å². The fraction of sp³-hybridized carbons (Fsp3) is 0.231. The summed E-state index contributed by atoms with van der Waals surface area (Å²) in [5.41, 5.74) is 6.10. The summed E-state index contributed by atoms with van der Waals surface area (Å²) >= 11 is 0. The van der Waals surface area contributed by atoms with Crippen LogP contribution in [0.1, 0.15) is 22.5 Å². The van der Waals surface area contributed by atoms with E-state index in [0.29, 0.717) is 5.56 Å². The van der Waals surface area contributed by atoms with E-state index in [0.717, 1.165) is 11.1 Å². The quantitative estimate of drug-likeness (QED) is 0.243. The lowest BCUT2D eigenvalue weighted by molar-refractivity contribution is -0.397. The van der Waals surface area contributed by atoms with E-state index in [-0.39, 0.29) is 36.0 Å². The van der Waals surface area contributed by atoms with E-state index in [4.69, 9.17) is 0 Å². The van der Waals surface area contributed by atoms with Crippen molar-refractivity contribution in [2.45, 2.75) is 24.7 Å². The third-order valence-corrected chi connectivity index (χ3v) is 7.98. The van der Waals surface area contributed by atoms with Gasteiger partial charge in [-0.05, 0) is 17.5 Å². The molecule has 1 unspecified atom stereocenters. The monoisotopic (exact) mass is 560 g/mol. The smallest absolute Gasteiger partial charge is 0.326 e. The van der Waals surface area contributed by atoms with E-state index in [1.807, 2.05) is 42.5 Å². The van der Waals surface area contributed by atoms with Gasteiger partial charge in [0.25, 0.3) is 7.37 Å². The number of carboxylic acid groups (broad SMARTS) is 1. The minimum atomic E-state index is -3.91. The van der Waals surface area contributed by atoms with Crippen LogP contribution in [0.3, 0.4) is 0 Å². The Kier molecular flexibility index (Phi) is 10.9. The van der Waals surface area contributed by atoms with Crippen molar-refractivity contribution in [2.75, 3.05) is 6.16 Å². The summed E-state index contributed by atoms with van der Waals surface area (Å²) in [6, 6.07) is 25.8. The van der Waals surface area contributed by atoms with Gasteiger partial charge in [-0.1, -0.05) is 91.0 Å². The van der Waals surface area contributed by atoms with Crippen LogP contribution in [0.4, 0.5) is 0 Å². The van der Waals surface area contributed by atoms with Gasteiger partial charge in [0, 0.05) is 18.1 Å². The Morgan fingerprint density at radius 1 is 0.829 bits per heavy atom. The highest BCUT2D eigenvalue weighted by Gasteiger charge is 2.38. The van der Waals surface area contributed by atoms with Crippen molar-refractivity contribution in [2.24, 2.45) is 5.92 Å². The molecule has 0 aromatic heterocycles. The molecule has 0 bridgehead atoms. The molecule has 186 valence electrons. The number of amides is 1. The van der Waals surface area contributed by atoms with Gasteiger partial charge in [0.2, 0.25) is 5.91 Å². The van der Waals surface area contributed by atoms with Gasteiger partial charge in [0.15, 0.2) is 5.78 Å². The second-order valence-corrected chi connectivity index (χ2v) is 10.8. The molecule has 1 amide bonds. The van der Waals surface area contributed by atoms with Crippen LogP contribution in [0.2, 0.25) is 0 Å². The summed E-state index contributed by atoms with van der Waals surface area (Å²) in [6.07, 6.45) is 0.00357. The lowest BCUT2D eigenvalue weighted by Crippen LogP contribution is -3.00. The molecule has 0 aliphatic carbocycles. The molecular formula is C26H30BrN2O5P. The molecule has 6 N–H and O–H groups in total. The number of hydrogen-bond acceptors (Lipinski definition) is 3. The number of carbonyl (C=O) groups is 2. The zero-order valence-corrected chi connectivity index (χ0v) is 21.6. The van der Waals surface area contributed by atoms with Crippen molar-refractivity contribution < 1.29 is 46.9 Å². The highest BCUT2D eigenvalue weighted by Crippen LogP contribution is 2.52. The molecule has 0 saturated carbocycles. The SMILES string of the molecule is [Br-].[NH3+][C@@H](c1ccccc1)P(=O)(O)C[C@H](Cc1ccccc1)C(=O)N[C@@H](Cc1ccccc1)C(=O)O. The van der Waals surface area contributed by atoms with Gasteiger partial charge in [0.1, 0.15) is 6.04 Å². The van der Waals surface area contributed by atoms with Crippen molar-refractivity contribution in [3.8, 4) is 0 Å². The standard InChI is InChI=1S/C26H29N2O5P.BrH/c27-24(21-14-8-3-9-15-21)34(32,33)18-22(16-19-10-4-1-5-11-19)25(29)28-23(26(30)31)17-20-12-6-2-7-13-20;/h1-15,22-24H,16-18,27H2,(H,28,29)(H,30,31)(H,32,33);1H/t22-,23-,24+;/m0./s1. The average molecular weight is 561 g/mol. The second-order valence-electron chi connectivity index (χ2n) is 8.34. The van der Waals surface area contributed by atoms with Gasteiger partial charge in [-0.3, -0.25) is 9.36 Å². The number of carbonyl (C=O) groups excluding carboxylic acids is 1. The molecule has 0 heterocycles. The molecule has 0 aliphatic heterocycles. The fourth-order valence-electron chi connectivity index (χ4n) is 3.83. The third kappa shape index (κ3) is 8.44. The van der Waals surface area contributed by atoms with Gasteiger partial charge in [-0.2, -0.15) is 0 Å². The normalized spacial score (nSPS) is 15.0. The first-order chi connectivity index (χ1) is 16.3. The largest absolute Gasteiger partial charge is 1.00 e. The maximum Gasteiger partial charge on any atom is 0.326 e. The summed E-state index contributed by atoms with van der Waals surface area (Å²) < 4.78 is 13.3. The summed E-state index contributed by atoms with van der Waals surface area (Å²) in [5, 5.41) is 12.3. The van der Waals surface area contributed by atoms with Crippen molar-refractivity contribution in [3.05, 3.63) is 108 Å². The number of aliphatic carboxylic acids is 1. The van der Waals surface area contributed by atoms with Crippen molar-refractivity contribution >= 4 is 19.2 Å². The second kappa shape index (κ2) is 13.4. The number of carboxylic acids is 1. The predicted octanol–water partition coefficient (Wildman–Crippen LogP) is -0.127. The highest BCUT2D eigenvalue weighted by molar-refractivity contribution is 7.58. The molecule has 7 nitrogen and oxygen atoms in total. The van der Waals surface area contributed by atoms with Crippen LogP contribution >= 0.6 is 7.37 Å². The van der Waals surface area contributed by atoms with Crippen molar-refractivity contribution in [1.82, 2.24) is 5.32 Å². The molecule has 0 spiro atoms. The van der Waals surface area contributed by atoms with Crippen molar-refractivity contribution in [3.63, 3.8) is 0 Å². The third-order valence-electron chi connectivity index (χ3n) is 5.75. The molecule has 0 fully saturated rings. The molecule has 0 aliphatic rings. The zero-order chi connectivity index (χ0) is 24.6. The first-order valence-electron chi connectivity index (χ1n) is 11.1. The summed E-state index contributed by atoms with van der Waals surface area (Å²) in [7, 11) is -3.91. The molecule has 3 aromatic rings. The van der Waals surface area contributed by atoms with Gasteiger partial charge in [-0.15, -0.1) is 0 Å². The van der Waals surface area contributed by atoms with Crippen LogP contribution in [0.15, 0.2) is 91.0 Å². The molecular weight excluding hydrogens is 531 g/mol. The number of rotatable bonds is 11. The van der Waals surface area contributed by atoms with E-state index in [1.165, 1.54) is 0 Å². The predicted molar refractivity (Wildman–Crippen MR) is 130 cm³/mol. The minimum Gasteiger partial charge on any atom is -1.00 e. The highest BCUT2D eigenvalue weighted by atomic mass is 79.9. The van der Waals surface area contributed by atoms with Gasteiger partial charge < -0.3 is 38.0 Å². The first kappa shape index (κ1) is 28.5. The molecule has 4 atom stereocenters. The van der Waals surface area contributed by atoms with Gasteiger partial charge in [-0.25, -0.2) is 4.79 Å². The van der Waals surface area contributed by atoms with E-state index in [1.54, 1.807) is 48.5 Å². The van der Waals surface area contributed by atoms with Crippen LogP contribution in [-0.4, -0.2) is 34.1 Å². The number of halogens is 1. The molecule has 3 aromatic carbocycles. The Labute approximate surface area is 215 Å². The Morgan fingerprint density at radius 3 is 1.77 bits per heavy atom. The Bertz CT molecular complexity index is 1130. The minimum absolute atomic E-state index is 0. The van der Waals surface area contributed by atoms with Crippen LogP contribution in [0.5, 0.6) is 0 Å². The van der Waals surface area contributed by atoms with E-state index in [2.05, 4.69) is 11.1 Å². The Hall–Kier alpha value is -2.77. The van der Waals surface area contributed by atoms with Gasteiger partial charge >= 0.3 is 5.97 Å². The van der Waals surface area contributed by atoms with Crippen LogP contribution < -0.4 is 28.0 Å². The van der Waals surface area contributed by atoms with E-state index < -0.39 is 37.0 Å². The lowest BCUT2D eigenvalue weighted by atomic mass is 9.99. The summed E-state index contributed by atoms with van der Waals surface area (Å²) in [5.74, 6) is -3.54. The number of nitrogens with one attached hydrogen (secondary N) is 1. The summed E-state index contributed by atoms with van der Waals surface area (Å²) in [4.78, 5) is 36.0. The molecule has 0 radical (unpaired) electrons. The lowest BCUT2D eigenvalue weighted by Gasteiger charge is -2.24. The number of hydrogen-bond donors (Lipinski definition) is 4. The average Bonchev–Trinajstić information content (AvgIpc) is 2.84. The van der Waals surface area contributed by atoms with Gasteiger partial charge in [0.05, 0.1) is 5.92 Å². The maximum atomic E-state index is 13.3. The molecule has 9 heteroatoms. The fourth-order valence-corrected chi connectivity index (χ4v) is 5.65. The van der Waals surface area contributed by atoms with Crippen LogP contribution in [0, 0.1) is 5.92 Å². The maximum absolute atomic E-state index is 13.3. The summed E-state index contributed by atoms with van der Waals surface area (Å²) in [6.45, 7) is 0. The number of quaternary nitrogens is 1. The van der Waals surface area contributed by atoms with Crippen molar-refractivity contribution in [1.29, 1.82) is 0 Å². The Morgan fingerprint density at radius 2 is 1.29 bits per heavy atom.